The number of nitrogens with zero attached hydrogens (tertiary/aromatic N) is 1. The number of halogens is 1. The van der Waals surface area contributed by atoms with Crippen LogP contribution in [0.2, 0.25) is 5.02 Å². The smallest absolute Gasteiger partial charge is 0.213 e. The van der Waals surface area contributed by atoms with Gasteiger partial charge in [-0.15, -0.1) is 0 Å². The normalized spacial score (nSPS) is 10.3. The summed E-state index contributed by atoms with van der Waals surface area (Å²) in [4.78, 5) is 4.24. The summed E-state index contributed by atoms with van der Waals surface area (Å²) in [5.74, 6) is 1.01. The van der Waals surface area contributed by atoms with Crippen LogP contribution < -0.4 is 9.47 Å². The van der Waals surface area contributed by atoms with Crippen LogP contribution in [-0.2, 0) is 13.2 Å². The number of pyridine rings is 1. The van der Waals surface area contributed by atoms with Gasteiger partial charge in [-0.3, -0.25) is 0 Å². The SMILES string of the molecule is COc1cccc(COc2c(Cl)cccc2CO)n1. The lowest BCUT2D eigenvalue weighted by Crippen LogP contribution is -2.02. The number of para-hydroxylation sites is 1. The third kappa shape index (κ3) is 3.36. The molecule has 19 heavy (non-hydrogen) atoms. The quantitative estimate of drug-likeness (QED) is 0.914. The zero-order valence-electron chi connectivity index (χ0n) is 10.5. The minimum absolute atomic E-state index is 0.124. The molecule has 0 amide bonds. The first-order chi connectivity index (χ1) is 9.24. The van der Waals surface area contributed by atoms with Crippen LogP contribution in [0.25, 0.3) is 0 Å². The number of aliphatic hydroxyl groups is 1. The van der Waals surface area contributed by atoms with Crippen LogP contribution in [0, 0.1) is 0 Å². The minimum Gasteiger partial charge on any atom is -0.485 e. The number of aromatic nitrogens is 1. The van der Waals surface area contributed by atoms with Gasteiger partial charge >= 0.3 is 0 Å². The van der Waals surface area contributed by atoms with Gasteiger partial charge in [-0.25, -0.2) is 4.98 Å². The van der Waals surface area contributed by atoms with Gasteiger partial charge in [0.25, 0.3) is 0 Å². The van der Waals surface area contributed by atoms with E-state index in [9.17, 15) is 5.11 Å². The van der Waals surface area contributed by atoms with Crippen molar-refractivity contribution in [2.75, 3.05) is 7.11 Å². The highest BCUT2D eigenvalue weighted by Gasteiger charge is 2.08. The Kier molecular flexibility index (Phi) is 4.60. The second kappa shape index (κ2) is 6.41. The summed E-state index contributed by atoms with van der Waals surface area (Å²) in [5, 5.41) is 9.72. The molecule has 1 N–H and O–H groups in total. The zero-order chi connectivity index (χ0) is 13.7. The van der Waals surface area contributed by atoms with E-state index in [4.69, 9.17) is 21.1 Å². The Bertz CT molecular complexity index is 560. The van der Waals surface area contributed by atoms with Crippen LogP contribution >= 0.6 is 11.6 Å². The number of benzene rings is 1. The molecule has 0 spiro atoms. The molecule has 0 atom stereocenters. The van der Waals surface area contributed by atoms with Crippen molar-refractivity contribution in [2.45, 2.75) is 13.2 Å². The Morgan fingerprint density at radius 3 is 2.74 bits per heavy atom. The molecule has 100 valence electrons. The first kappa shape index (κ1) is 13.6. The molecule has 5 heteroatoms. The highest BCUT2D eigenvalue weighted by Crippen LogP contribution is 2.29. The van der Waals surface area contributed by atoms with Crippen molar-refractivity contribution in [3.8, 4) is 11.6 Å². The number of methoxy groups -OCH3 is 1. The van der Waals surface area contributed by atoms with Crippen molar-refractivity contribution >= 4 is 11.6 Å². The Balaban J connectivity index is 2.14. The minimum atomic E-state index is -0.124. The highest BCUT2D eigenvalue weighted by molar-refractivity contribution is 6.32. The Morgan fingerprint density at radius 2 is 2.00 bits per heavy atom. The standard InChI is InChI=1S/C14H14ClNO3/c1-18-13-7-3-5-11(16-13)9-19-14-10(8-17)4-2-6-12(14)15/h2-7,17H,8-9H2,1H3. The van der Waals surface area contributed by atoms with Crippen LogP contribution in [0.15, 0.2) is 36.4 Å². The fourth-order valence-corrected chi connectivity index (χ4v) is 1.89. The average Bonchev–Trinajstić information content (AvgIpc) is 2.46. The van der Waals surface area contributed by atoms with Crippen molar-refractivity contribution in [1.82, 2.24) is 4.98 Å². The molecule has 1 aromatic heterocycles. The van der Waals surface area contributed by atoms with E-state index in [0.29, 0.717) is 22.2 Å². The van der Waals surface area contributed by atoms with Gasteiger partial charge in [-0.2, -0.15) is 0 Å². The first-order valence-electron chi connectivity index (χ1n) is 5.75. The van der Waals surface area contributed by atoms with E-state index in [1.54, 1.807) is 31.4 Å². The Labute approximate surface area is 116 Å². The zero-order valence-corrected chi connectivity index (χ0v) is 11.2. The molecule has 0 saturated heterocycles. The summed E-state index contributed by atoms with van der Waals surface area (Å²) in [6.07, 6.45) is 0. The molecule has 0 fully saturated rings. The Morgan fingerprint density at radius 1 is 1.21 bits per heavy atom. The fraction of sp³-hybridized carbons (Fsp3) is 0.214. The van der Waals surface area contributed by atoms with Gasteiger partial charge in [0.2, 0.25) is 5.88 Å². The summed E-state index contributed by atoms with van der Waals surface area (Å²) >= 11 is 6.05. The molecule has 0 aliphatic heterocycles. The molecule has 0 bridgehead atoms. The fourth-order valence-electron chi connectivity index (χ4n) is 1.64. The second-order valence-electron chi connectivity index (χ2n) is 3.85. The molecular formula is C14H14ClNO3. The largest absolute Gasteiger partial charge is 0.485 e. The number of rotatable bonds is 5. The van der Waals surface area contributed by atoms with Crippen molar-refractivity contribution < 1.29 is 14.6 Å². The summed E-state index contributed by atoms with van der Waals surface area (Å²) < 4.78 is 10.7. The van der Waals surface area contributed by atoms with Crippen molar-refractivity contribution in [3.63, 3.8) is 0 Å². The van der Waals surface area contributed by atoms with E-state index in [-0.39, 0.29) is 13.2 Å². The third-order valence-electron chi connectivity index (χ3n) is 2.57. The summed E-state index contributed by atoms with van der Waals surface area (Å²) in [6, 6.07) is 10.7. The molecule has 1 aromatic carbocycles. The van der Waals surface area contributed by atoms with Crippen LogP contribution in [0.3, 0.4) is 0 Å². The van der Waals surface area contributed by atoms with E-state index < -0.39 is 0 Å². The van der Waals surface area contributed by atoms with E-state index >= 15 is 0 Å². The number of hydrogen-bond acceptors (Lipinski definition) is 4. The molecule has 0 aliphatic rings. The molecule has 0 saturated carbocycles. The molecular weight excluding hydrogens is 266 g/mol. The molecule has 2 rings (SSSR count). The van der Waals surface area contributed by atoms with Gasteiger partial charge in [-0.05, 0) is 12.1 Å². The van der Waals surface area contributed by atoms with Gasteiger partial charge in [0, 0.05) is 11.6 Å². The van der Waals surface area contributed by atoms with Crippen LogP contribution in [0.1, 0.15) is 11.3 Å². The molecule has 0 unspecified atom stereocenters. The van der Waals surface area contributed by atoms with E-state index in [1.165, 1.54) is 0 Å². The van der Waals surface area contributed by atoms with Gasteiger partial charge in [0.05, 0.1) is 24.4 Å². The van der Waals surface area contributed by atoms with Gasteiger partial charge in [-0.1, -0.05) is 29.8 Å². The molecule has 0 radical (unpaired) electrons. The Hall–Kier alpha value is -1.78. The summed E-state index contributed by atoms with van der Waals surface area (Å²) in [7, 11) is 1.56. The van der Waals surface area contributed by atoms with Crippen molar-refractivity contribution in [1.29, 1.82) is 0 Å². The predicted molar refractivity (Wildman–Crippen MR) is 72.5 cm³/mol. The maximum atomic E-state index is 9.25. The second-order valence-corrected chi connectivity index (χ2v) is 4.25. The summed E-state index contributed by atoms with van der Waals surface area (Å²) in [5.41, 5.74) is 1.37. The van der Waals surface area contributed by atoms with Crippen molar-refractivity contribution in [3.05, 3.63) is 52.7 Å². The monoisotopic (exact) mass is 279 g/mol. The lowest BCUT2D eigenvalue weighted by Gasteiger charge is -2.11. The number of aliphatic hydroxyl groups excluding tert-OH is 1. The molecule has 1 heterocycles. The maximum absolute atomic E-state index is 9.25. The lowest BCUT2D eigenvalue weighted by molar-refractivity contribution is 0.257. The topological polar surface area (TPSA) is 51.6 Å². The summed E-state index contributed by atoms with van der Waals surface area (Å²) in [6.45, 7) is 0.134. The predicted octanol–water partition coefficient (Wildman–Crippen LogP) is 2.81. The number of hydrogen-bond donors (Lipinski definition) is 1. The molecule has 4 nitrogen and oxygen atoms in total. The third-order valence-corrected chi connectivity index (χ3v) is 2.87. The van der Waals surface area contributed by atoms with Gasteiger partial charge < -0.3 is 14.6 Å². The molecule has 0 aliphatic carbocycles. The van der Waals surface area contributed by atoms with Gasteiger partial charge in [0.1, 0.15) is 12.4 Å². The molecule has 2 aromatic rings. The van der Waals surface area contributed by atoms with E-state index in [2.05, 4.69) is 4.98 Å². The number of ether oxygens (including phenoxy) is 2. The van der Waals surface area contributed by atoms with Crippen molar-refractivity contribution in [2.24, 2.45) is 0 Å². The highest BCUT2D eigenvalue weighted by atomic mass is 35.5. The van der Waals surface area contributed by atoms with Crippen LogP contribution in [0.4, 0.5) is 0 Å². The van der Waals surface area contributed by atoms with Gasteiger partial charge in [0.15, 0.2) is 0 Å². The lowest BCUT2D eigenvalue weighted by atomic mass is 10.2. The van der Waals surface area contributed by atoms with Crippen LogP contribution in [-0.4, -0.2) is 17.2 Å². The van der Waals surface area contributed by atoms with Crippen LogP contribution in [0.5, 0.6) is 11.6 Å². The first-order valence-corrected chi connectivity index (χ1v) is 6.13. The average molecular weight is 280 g/mol. The maximum Gasteiger partial charge on any atom is 0.213 e. The van der Waals surface area contributed by atoms with E-state index in [1.807, 2.05) is 12.1 Å². The van der Waals surface area contributed by atoms with E-state index in [0.717, 1.165) is 5.69 Å².